The molecule has 0 saturated carbocycles. The van der Waals surface area contributed by atoms with E-state index < -0.39 is 82.2 Å². The standard InChI is InChI=1S/C20H24N10O12P2S/c21-13-7-14(24-2-23-13)29(3-25-7)17-10(32)12-19(40-17)37-5-43(34,35)41-11-9(31)6(1-38-44(36,45)42-12)39-18(11)30-4-26-8-15(30)27-20(22)28-16(8)33/h2-4,6,9-12,17-19,31-32H,1,5H2,(H,34,35)(H,36,45)(H2,21,23,24)(H3,22,27,28,33)/t6-,9?,10?,11+,12?,17-,18-,19+,44?/m1/s1. The summed E-state index contributed by atoms with van der Waals surface area (Å²) in [7, 11) is -4.79. The zero-order valence-corrected chi connectivity index (χ0v) is 25.1. The van der Waals surface area contributed by atoms with E-state index in [9.17, 15) is 29.0 Å². The van der Waals surface area contributed by atoms with Crippen molar-refractivity contribution in [2.24, 2.45) is 0 Å². The van der Waals surface area contributed by atoms with Crippen LogP contribution < -0.4 is 17.0 Å². The number of fused-ring (bicyclic) bond motifs is 5. The molecule has 3 fully saturated rings. The maximum atomic E-state index is 13.4. The van der Waals surface area contributed by atoms with E-state index in [0.717, 1.165) is 6.33 Å². The highest BCUT2D eigenvalue weighted by atomic mass is 32.7. The number of H-pyrrole nitrogens is 1. The largest absolute Gasteiger partial charge is 0.387 e. The summed E-state index contributed by atoms with van der Waals surface area (Å²) in [5.41, 5.74) is 11.0. The fourth-order valence-corrected chi connectivity index (χ4v) is 7.67. The van der Waals surface area contributed by atoms with Gasteiger partial charge in [-0.2, -0.15) is 4.98 Å². The quantitative estimate of drug-likeness (QED) is 0.0939. The molecule has 5 unspecified atom stereocenters. The van der Waals surface area contributed by atoms with E-state index in [0.29, 0.717) is 0 Å². The van der Waals surface area contributed by atoms with Gasteiger partial charge in [0.2, 0.25) is 5.95 Å². The molecule has 7 heterocycles. The van der Waals surface area contributed by atoms with E-state index in [2.05, 4.69) is 42.2 Å². The minimum Gasteiger partial charge on any atom is -0.387 e. The lowest BCUT2D eigenvalue weighted by molar-refractivity contribution is -0.165. The predicted molar refractivity (Wildman–Crippen MR) is 150 cm³/mol. The monoisotopic (exact) mass is 690 g/mol. The number of imidazole rings is 2. The number of nitrogens with one attached hydrogen (secondary N) is 1. The van der Waals surface area contributed by atoms with Gasteiger partial charge in [0.05, 0.1) is 19.3 Å². The van der Waals surface area contributed by atoms with Gasteiger partial charge in [0, 0.05) is 0 Å². The smallest absolute Gasteiger partial charge is 0.386 e. The van der Waals surface area contributed by atoms with Crippen LogP contribution >= 0.6 is 26.6 Å². The molecule has 0 spiro atoms. The van der Waals surface area contributed by atoms with Crippen molar-refractivity contribution in [3.05, 3.63) is 29.3 Å². The van der Waals surface area contributed by atoms with Gasteiger partial charge in [0.25, 0.3) is 5.56 Å². The summed E-state index contributed by atoms with van der Waals surface area (Å²) in [6, 6.07) is 0. The Hall–Kier alpha value is -3.05. The summed E-state index contributed by atoms with van der Waals surface area (Å²) < 4.78 is 62.7. The molecule has 3 saturated heterocycles. The molecule has 10 atom stereocenters. The fraction of sp³-hybridized carbons (Fsp3) is 0.500. The Labute approximate surface area is 254 Å². The number of anilines is 2. The minimum absolute atomic E-state index is 0.0556. The summed E-state index contributed by atoms with van der Waals surface area (Å²) in [5.74, 6) is -0.201. The van der Waals surface area contributed by atoms with Crippen molar-refractivity contribution < 1.29 is 52.0 Å². The molecule has 22 nitrogen and oxygen atoms in total. The lowest BCUT2D eigenvalue weighted by atomic mass is 10.1. The minimum atomic E-state index is -4.79. The van der Waals surface area contributed by atoms with Crippen LogP contribution in [0.2, 0.25) is 0 Å². The Morgan fingerprint density at radius 2 is 1.69 bits per heavy atom. The van der Waals surface area contributed by atoms with Crippen LogP contribution in [0, 0.1) is 0 Å². The zero-order chi connectivity index (χ0) is 31.8. The molecule has 0 amide bonds. The number of ether oxygens (including phenoxy) is 3. The van der Waals surface area contributed by atoms with Crippen LogP contribution in [0.3, 0.4) is 0 Å². The first-order valence-electron chi connectivity index (χ1n) is 12.9. The van der Waals surface area contributed by atoms with Crippen LogP contribution in [-0.2, 0) is 36.9 Å². The SMILES string of the molecule is Nc1nc2c(ncn2[C@@H]2O[C@@H]3COP(=O)(S)OC4C(O)[C@H](n5cnc6c(N)ncnc65)O[C@@H]4OCP(=O)(O)O[C@H]2C3O)c(=O)[nH]1. The number of nitrogens with zero attached hydrogens (tertiary/aromatic N) is 7. The molecule has 4 aromatic heterocycles. The predicted octanol–water partition coefficient (Wildman–Crippen LogP) is -1.40. The molecule has 8 N–H and O–H groups in total. The maximum Gasteiger partial charge on any atom is 0.386 e. The van der Waals surface area contributed by atoms with Crippen molar-refractivity contribution >= 4 is 60.7 Å². The Balaban J connectivity index is 1.21. The molecule has 3 aliphatic heterocycles. The van der Waals surface area contributed by atoms with E-state index >= 15 is 0 Å². The second kappa shape index (κ2) is 11.0. The van der Waals surface area contributed by atoms with Crippen LogP contribution in [0.1, 0.15) is 12.5 Å². The summed E-state index contributed by atoms with van der Waals surface area (Å²) >= 11 is 4.00. The van der Waals surface area contributed by atoms with Gasteiger partial charge in [-0.3, -0.25) is 37.0 Å². The number of aliphatic hydroxyl groups is 2. The molecule has 3 aliphatic rings. The van der Waals surface area contributed by atoms with Crippen molar-refractivity contribution in [3.63, 3.8) is 0 Å². The normalized spacial score (nSPS) is 37.7. The molecular weight excluding hydrogens is 666 g/mol. The average Bonchev–Trinajstić information content (AvgIpc) is 3.72. The number of thiol groups is 1. The first-order chi connectivity index (χ1) is 21.3. The van der Waals surface area contributed by atoms with Gasteiger partial charge in [-0.1, -0.05) is 12.2 Å². The molecule has 4 aromatic rings. The molecule has 2 bridgehead atoms. The number of aromatic nitrogens is 8. The highest BCUT2D eigenvalue weighted by molar-refractivity contribution is 8.44. The van der Waals surface area contributed by atoms with Gasteiger partial charge in [-0.05, 0) is 0 Å². The Morgan fingerprint density at radius 3 is 2.47 bits per heavy atom. The third kappa shape index (κ3) is 5.43. The van der Waals surface area contributed by atoms with Crippen LogP contribution in [0.25, 0.3) is 22.3 Å². The second-order valence-corrected chi connectivity index (χ2v) is 14.8. The van der Waals surface area contributed by atoms with E-state index in [1.54, 1.807) is 0 Å². The number of aliphatic hydroxyl groups excluding tert-OH is 2. The van der Waals surface area contributed by atoms with Crippen LogP contribution in [-0.4, -0.2) is 104 Å². The van der Waals surface area contributed by atoms with Gasteiger partial charge in [-0.15, -0.1) is 0 Å². The van der Waals surface area contributed by atoms with E-state index in [4.69, 9.17) is 39.2 Å². The van der Waals surface area contributed by atoms with E-state index in [-0.39, 0.29) is 34.1 Å². The molecule has 0 aromatic carbocycles. The number of aromatic amines is 1. The van der Waals surface area contributed by atoms with E-state index in [1.165, 1.54) is 21.8 Å². The number of nitrogens with two attached hydrogens (primary N) is 2. The number of rotatable bonds is 2. The lowest BCUT2D eigenvalue weighted by Gasteiger charge is -2.26. The molecule has 45 heavy (non-hydrogen) atoms. The Bertz CT molecular complexity index is 1940. The van der Waals surface area contributed by atoms with Crippen LogP contribution in [0.5, 0.6) is 0 Å². The Morgan fingerprint density at radius 1 is 0.956 bits per heavy atom. The summed E-state index contributed by atoms with van der Waals surface area (Å²) in [6.45, 7) is -5.04. The maximum absolute atomic E-state index is 13.4. The summed E-state index contributed by atoms with van der Waals surface area (Å²) in [5, 5.41) is 22.2. The van der Waals surface area contributed by atoms with Crippen molar-refractivity contribution in [3.8, 4) is 0 Å². The third-order valence-corrected chi connectivity index (χ3v) is 9.88. The van der Waals surface area contributed by atoms with Gasteiger partial charge in [-0.25, -0.2) is 24.5 Å². The van der Waals surface area contributed by atoms with Crippen molar-refractivity contribution in [1.29, 1.82) is 0 Å². The highest BCUT2D eigenvalue weighted by Gasteiger charge is 2.53. The molecule has 25 heteroatoms. The second-order valence-electron chi connectivity index (χ2n) is 10.1. The van der Waals surface area contributed by atoms with Gasteiger partial charge >= 0.3 is 14.4 Å². The average molecular weight is 690 g/mol. The Kier molecular flexibility index (Phi) is 7.50. The first-order valence-corrected chi connectivity index (χ1v) is 17.4. The molecule has 0 radical (unpaired) electrons. The number of nitrogen functional groups attached to an aromatic ring is 2. The highest BCUT2D eigenvalue weighted by Crippen LogP contribution is 2.58. The first kappa shape index (κ1) is 30.6. The summed E-state index contributed by atoms with van der Waals surface area (Å²) in [4.78, 5) is 45.5. The third-order valence-electron chi connectivity index (χ3n) is 7.21. The van der Waals surface area contributed by atoms with Crippen molar-refractivity contribution in [2.45, 2.75) is 49.3 Å². The number of hydrogen-bond donors (Lipinski definition) is 7. The van der Waals surface area contributed by atoms with Crippen molar-refractivity contribution in [2.75, 3.05) is 24.4 Å². The summed E-state index contributed by atoms with van der Waals surface area (Å²) in [6.07, 6.45) is -9.76. The van der Waals surface area contributed by atoms with Gasteiger partial charge in [0.15, 0.2) is 47.7 Å². The lowest BCUT2D eigenvalue weighted by Crippen LogP contribution is -2.35. The van der Waals surface area contributed by atoms with Crippen LogP contribution in [0.15, 0.2) is 23.8 Å². The fourth-order valence-electron chi connectivity index (χ4n) is 5.21. The van der Waals surface area contributed by atoms with E-state index in [1.807, 2.05) is 0 Å². The molecule has 7 rings (SSSR count). The van der Waals surface area contributed by atoms with Crippen LogP contribution in [0.4, 0.5) is 11.8 Å². The zero-order valence-electron chi connectivity index (χ0n) is 22.4. The molecule has 0 aliphatic carbocycles. The van der Waals surface area contributed by atoms with Gasteiger partial charge in [0.1, 0.15) is 42.4 Å². The molecular formula is C20H24N10O12P2S. The number of hydrogen-bond acceptors (Lipinski definition) is 18. The van der Waals surface area contributed by atoms with Crippen molar-refractivity contribution in [1.82, 2.24) is 39.0 Å². The topological polar surface area (TPSA) is 309 Å². The van der Waals surface area contributed by atoms with Gasteiger partial charge < -0.3 is 40.8 Å². The molecule has 242 valence electrons.